The number of hydrogen-bond acceptors (Lipinski definition) is 4. The van der Waals surface area contributed by atoms with Gasteiger partial charge in [0.25, 0.3) is 5.91 Å². The zero-order valence-electron chi connectivity index (χ0n) is 14.3. The quantitative estimate of drug-likeness (QED) is 0.726. The molecule has 1 amide bonds. The van der Waals surface area contributed by atoms with Crippen LogP contribution in [0.15, 0.2) is 58.3 Å². The number of halogens is 1. The second kappa shape index (κ2) is 8.00. The molecule has 0 unspecified atom stereocenters. The summed E-state index contributed by atoms with van der Waals surface area (Å²) >= 11 is 7.36. The van der Waals surface area contributed by atoms with E-state index in [2.05, 4.69) is 0 Å². The molecule has 0 radical (unpaired) electrons. The lowest BCUT2D eigenvalue weighted by Crippen LogP contribution is -2.50. The Labute approximate surface area is 163 Å². The number of rotatable bonds is 4. The van der Waals surface area contributed by atoms with E-state index in [1.165, 1.54) is 28.2 Å². The van der Waals surface area contributed by atoms with Gasteiger partial charge in [-0.3, -0.25) is 4.79 Å². The Morgan fingerprint density at radius 3 is 2.23 bits per heavy atom. The van der Waals surface area contributed by atoms with E-state index in [0.717, 1.165) is 4.90 Å². The number of nitrogens with zero attached hydrogens (tertiary/aromatic N) is 2. The fourth-order valence-corrected chi connectivity index (χ4v) is 5.02. The van der Waals surface area contributed by atoms with Crippen molar-refractivity contribution in [3.8, 4) is 0 Å². The monoisotopic (exact) mass is 410 g/mol. The molecule has 1 saturated heterocycles. The first-order valence-electron chi connectivity index (χ1n) is 8.11. The van der Waals surface area contributed by atoms with Crippen molar-refractivity contribution in [2.75, 3.05) is 32.4 Å². The van der Waals surface area contributed by atoms with Crippen LogP contribution < -0.4 is 0 Å². The summed E-state index contributed by atoms with van der Waals surface area (Å²) in [6.07, 6.45) is 1.93. The van der Waals surface area contributed by atoms with Crippen LogP contribution in [0.1, 0.15) is 10.4 Å². The van der Waals surface area contributed by atoms with Crippen molar-refractivity contribution in [1.82, 2.24) is 9.21 Å². The van der Waals surface area contributed by atoms with Crippen molar-refractivity contribution in [3.05, 3.63) is 59.1 Å². The molecular formula is C18H19ClN2O3S2. The number of piperazine rings is 1. The van der Waals surface area contributed by atoms with Gasteiger partial charge in [-0.15, -0.1) is 11.8 Å². The molecule has 1 aliphatic rings. The van der Waals surface area contributed by atoms with Crippen molar-refractivity contribution >= 4 is 39.3 Å². The van der Waals surface area contributed by atoms with E-state index in [4.69, 9.17) is 11.6 Å². The van der Waals surface area contributed by atoms with Crippen LogP contribution in [0.4, 0.5) is 0 Å². The molecule has 3 rings (SSSR count). The van der Waals surface area contributed by atoms with Crippen LogP contribution in [0, 0.1) is 0 Å². The van der Waals surface area contributed by atoms with Gasteiger partial charge in [0, 0.05) is 36.1 Å². The van der Waals surface area contributed by atoms with Gasteiger partial charge < -0.3 is 4.90 Å². The van der Waals surface area contributed by atoms with Crippen molar-refractivity contribution in [1.29, 1.82) is 0 Å². The maximum absolute atomic E-state index is 12.8. The fraction of sp³-hybridized carbons (Fsp3) is 0.278. The molecule has 2 aromatic carbocycles. The molecular weight excluding hydrogens is 392 g/mol. The number of carbonyl (C=O) groups is 1. The molecule has 138 valence electrons. The molecule has 0 N–H and O–H groups in total. The Balaban J connectivity index is 1.71. The second-order valence-electron chi connectivity index (χ2n) is 5.85. The SMILES string of the molecule is CSc1ccccc1C(=O)N1CCN(S(=O)(=O)c2ccc(Cl)cc2)CC1. The van der Waals surface area contributed by atoms with Crippen LogP contribution >= 0.6 is 23.4 Å². The Hall–Kier alpha value is -1.54. The first-order valence-corrected chi connectivity index (χ1v) is 11.2. The fourth-order valence-electron chi connectivity index (χ4n) is 2.88. The first kappa shape index (κ1) is 19.2. The van der Waals surface area contributed by atoms with Gasteiger partial charge >= 0.3 is 0 Å². The van der Waals surface area contributed by atoms with Crippen molar-refractivity contribution in [2.24, 2.45) is 0 Å². The van der Waals surface area contributed by atoms with Crippen LogP contribution in [-0.4, -0.2) is 56.0 Å². The number of carbonyl (C=O) groups excluding carboxylic acids is 1. The molecule has 1 fully saturated rings. The second-order valence-corrected chi connectivity index (χ2v) is 9.07. The highest BCUT2D eigenvalue weighted by Gasteiger charge is 2.30. The molecule has 2 aromatic rings. The summed E-state index contributed by atoms with van der Waals surface area (Å²) in [6, 6.07) is 13.6. The lowest BCUT2D eigenvalue weighted by Gasteiger charge is -2.34. The first-order chi connectivity index (χ1) is 12.4. The van der Waals surface area contributed by atoms with E-state index in [-0.39, 0.29) is 23.9 Å². The summed E-state index contributed by atoms with van der Waals surface area (Å²) in [5.41, 5.74) is 0.661. The van der Waals surface area contributed by atoms with Crippen LogP contribution in [-0.2, 0) is 10.0 Å². The van der Waals surface area contributed by atoms with E-state index < -0.39 is 10.0 Å². The van der Waals surface area contributed by atoms with E-state index in [9.17, 15) is 13.2 Å². The zero-order valence-corrected chi connectivity index (χ0v) is 16.6. The summed E-state index contributed by atoms with van der Waals surface area (Å²) in [4.78, 5) is 15.6. The molecule has 5 nitrogen and oxygen atoms in total. The van der Waals surface area contributed by atoms with E-state index in [0.29, 0.717) is 23.7 Å². The lowest BCUT2D eigenvalue weighted by atomic mass is 10.2. The van der Waals surface area contributed by atoms with E-state index in [1.807, 2.05) is 30.5 Å². The van der Waals surface area contributed by atoms with Gasteiger partial charge in [-0.1, -0.05) is 23.7 Å². The molecule has 1 aliphatic heterocycles. The van der Waals surface area contributed by atoms with Gasteiger partial charge in [0.15, 0.2) is 0 Å². The van der Waals surface area contributed by atoms with Crippen LogP contribution in [0.2, 0.25) is 5.02 Å². The normalized spacial score (nSPS) is 15.8. The Kier molecular flexibility index (Phi) is 5.92. The van der Waals surface area contributed by atoms with Crippen molar-refractivity contribution in [3.63, 3.8) is 0 Å². The minimum atomic E-state index is -3.57. The number of hydrogen-bond donors (Lipinski definition) is 0. The van der Waals surface area contributed by atoms with Gasteiger partial charge in [0.2, 0.25) is 10.0 Å². The van der Waals surface area contributed by atoms with Crippen LogP contribution in [0.5, 0.6) is 0 Å². The highest BCUT2D eigenvalue weighted by Crippen LogP contribution is 2.23. The predicted molar refractivity (Wildman–Crippen MR) is 104 cm³/mol. The average molecular weight is 411 g/mol. The lowest BCUT2D eigenvalue weighted by molar-refractivity contribution is 0.0694. The summed E-state index contributed by atoms with van der Waals surface area (Å²) in [5.74, 6) is -0.0570. The molecule has 0 saturated carbocycles. The molecule has 0 bridgehead atoms. The molecule has 1 heterocycles. The third-order valence-electron chi connectivity index (χ3n) is 4.31. The minimum Gasteiger partial charge on any atom is -0.336 e. The van der Waals surface area contributed by atoms with Crippen LogP contribution in [0.25, 0.3) is 0 Å². The van der Waals surface area contributed by atoms with Crippen LogP contribution in [0.3, 0.4) is 0 Å². The van der Waals surface area contributed by atoms with Crippen molar-refractivity contribution in [2.45, 2.75) is 9.79 Å². The standard InChI is InChI=1S/C18H19ClN2O3S2/c1-25-17-5-3-2-4-16(17)18(22)20-10-12-21(13-11-20)26(23,24)15-8-6-14(19)7-9-15/h2-9H,10-13H2,1H3. The van der Waals surface area contributed by atoms with E-state index in [1.54, 1.807) is 17.0 Å². The zero-order chi connectivity index (χ0) is 18.7. The van der Waals surface area contributed by atoms with Gasteiger partial charge in [0.1, 0.15) is 0 Å². The number of thioether (sulfide) groups is 1. The smallest absolute Gasteiger partial charge is 0.255 e. The predicted octanol–water partition coefficient (Wildman–Crippen LogP) is 3.21. The minimum absolute atomic E-state index is 0.0570. The third kappa shape index (κ3) is 3.91. The average Bonchev–Trinajstić information content (AvgIpc) is 2.68. The number of benzene rings is 2. The molecule has 26 heavy (non-hydrogen) atoms. The largest absolute Gasteiger partial charge is 0.336 e. The molecule has 0 atom stereocenters. The van der Waals surface area contributed by atoms with Gasteiger partial charge in [-0.2, -0.15) is 4.31 Å². The van der Waals surface area contributed by atoms with E-state index >= 15 is 0 Å². The summed E-state index contributed by atoms with van der Waals surface area (Å²) in [6.45, 7) is 1.29. The summed E-state index contributed by atoms with van der Waals surface area (Å²) < 4.78 is 26.9. The molecule has 0 aromatic heterocycles. The highest BCUT2D eigenvalue weighted by atomic mass is 35.5. The summed E-state index contributed by atoms with van der Waals surface area (Å²) in [7, 11) is -3.57. The molecule has 8 heteroatoms. The highest BCUT2D eigenvalue weighted by molar-refractivity contribution is 7.98. The number of sulfonamides is 1. The Morgan fingerprint density at radius 2 is 1.62 bits per heavy atom. The Morgan fingerprint density at radius 1 is 1.00 bits per heavy atom. The maximum atomic E-state index is 12.8. The molecule has 0 aliphatic carbocycles. The van der Waals surface area contributed by atoms with Gasteiger partial charge in [-0.05, 0) is 42.7 Å². The molecule has 0 spiro atoms. The number of amides is 1. The third-order valence-corrected chi connectivity index (χ3v) is 7.28. The maximum Gasteiger partial charge on any atom is 0.255 e. The van der Waals surface area contributed by atoms with Gasteiger partial charge in [-0.25, -0.2) is 8.42 Å². The topological polar surface area (TPSA) is 57.7 Å². The van der Waals surface area contributed by atoms with Gasteiger partial charge in [0.05, 0.1) is 10.5 Å². The van der Waals surface area contributed by atoms with Crippen molar-refractivity contribution < 1.29 is 13.2 Å². The summed E-state index contributed by atoms with van der Waals surface area (Å²) in [5, 5.41) is 0.492. The Bertz CT molecular complexity index is 893.